The van der Waals surface area contributed by atoms with Gasteiger partial charge in [0.2, 0.25) is 0 Å². The molecule has 12 heteroatoms. The molecule has 0 spiro atoms. The van der Waals surface area contributed by atoms with E-state index in [1.807, 2.05) is 0 Å². The summed E-state index contributed by atoms with van der Waals surface area (Å²) in [4.78, 5) is -0.835. The molecule has 1 aromatic carbocycles. The molecule has 0 aliphatic heterocycles. The number of benzene rings is 1. The smallest absolute Gasteiger partial charge is 0.346 e. The van der Waals surface area contributed by atoms with Crippen LogP contribution >= 0.6 is 0 Å². The van der Waals surface area contributed by atoms with Crippen LogP contribution in [0.4, 0.5) is 30.7 Å². The first-order chi connectivity index (χ1) is 11.6. The molecule has 0 heterocycles. The van der Waals surface area contributed by atoms with Gasteiger partial charge in [0.25, 0.3) is 0 Å². The van der Waals surface area contributed by atoms with Crippen LogP contribution in [0.3, 0.4) is 0 Å². The highest BCUT2D eigenvalue weighted by molar-refractivity contribution is 7.90. The highest BCUT2D eigenvalue weighted by Crippen LogP contribution is 2.58. The Kier molecular flexibility index (Phi) is 3.87. The molecule has 3 atom stereocenters. The first-order valence-corrected chi connectivity index (χ1v) is 9.00. The second-order valence-corrected chi connectivity index (χ2v) is 8.22. The molecule has 26 heavy (non-hydrogen) atoms. The Morgan fingerprint density at radius 2 is 1.69 bits per heavy atom. The van der Waals surface area contributed by atoms with Crippen molar-refractivity contribution in [2.75, 3.05) is 6.26 Å². The summed E-state index contributed by atoms with van der Waals surface area (Å²) in [5, 5.41) is 9.66. The van der Waals surface area contributed by atoms with Crippen molar-refractivity contribution in [1.29, 1.82) is 0 Å². The average molecular weight is 408 g/mol. The van der Waals surface area contributed by atoms with Crippen LogP contribution in [0, 0.1) is 0 Å². The fourth-order valence-electron chi connectivity index (χ4n) is 2.96. The van der Waals surface area contributed by atoms with Gasteiger partial charge < -0.3 is 9.84 Å². The molecule has 2 aliphatic rings. The number of aliphatic hydroxyl groups excluding tert-OH is 1. The first-order valence-electron chi connectivity index (χ1n) is 7.11. The highest BCUT2D eigenvalue weighted by Gasteiger charge is 2.74. The largest absolute Gasteiger partial charge is 0.483 e. The average Bonchev–Trinajstić information content (AvgIpc) is 2.67. The van der Waals surface area contributed by atoms with Gasteiger partial charge in [0.15, 0.2) is 22.1 Å². The molecule has 146 valence electrons. The topological polar surface area (TPSA) is 63.6 Å². The van der Waals surface area contributed by atoms with Crippen molar-refractivity contribution in [3.63, 3.8) is 0 Å². The summed E-state index contributed by atoms with van der Waals surface area (Å²) < 4.78 is 122. The number of aliphatic hydroxyl groups is 1. The molecule has 1 aromatic rings. The third-order valence-electron chi connectivity index (χ3n) is 4.44. The van der Waals surface area contributed by atoms with E-state index in [2.05, 4.69) is 4.74 Å². The number of fused-ring (bicyclic) bond motifs is 1. The number of hydrogen-bond donors (Lipinski definition) is 1. The Morgan fingerprint density at radius 1 is 1.12 bits per heavy atom. The summed E-state index contributed by atoms with van der Waals surface area (Å²) in [5.41, 5.74) is -2.17. The van der Waals surface area contributed by atoms with Gasteiger partial charge in [0, 0.05) is 17.4 Å². The standard InChI is InChI=1S/C14H11F7O4S/c1-26(23,24)6-3-2-5(25-7-4-12(16,17)14(7,20)21)8-9(6)11(22)13(18,19)10(8)15/h2-3,7,10-11,22H,4H2,1H3/t7?,10-,11+/m1/s1. The van der Waals surface area contributed by atoms with Crippen molar-refractivity contribution < 1.29 is 49.0 Å². The van der Waals surface area contributed by atoms with E-state index in [0.29, 0.717) is 18.4 Å². The minimum Gasteiger partial charge on any atom is -0.483 e. The predicted octanol–water partition coefficient (Wildman–Crippen LogP) is 3.20. The van der Waals surface area contributed by atoms with Crippen LogP contribution in [0.15, 0.2) is 17.0 Å². The lowest BCUT2D eigenvalue weighted by Gasteiger charge is -2.43. The van der Waals surface area contributed by atoms with E-state index >= 15 is 0 Å². The fraction of sp³-hybridized carbons (Fsp3) is 0.571. The number of ether oxygens (including phenoxy) is 1. The summed E-state index contributed by atoms with van der Waals surface area (Å²) in [6.45, 7) is 0. The Labute approximate surface area is 142 Å². The molecule has 1 saturated carbocycles. The Balaban J connectivity index is 2.11. The summed E-state index contributed by atoms with van der Waals surface area (Å²) in [7, 11) is -4.20. The highest BCUT2D eigenvalue weighted by atomic mass is 32.2. The van der Waals surface area contributed by atoms with Crippen LogP contribution < -0.4 is 4.74 Å². The maximum atomic E-state index is 14.2. The molecular formula is C14H11F7O4S. The van der Waals surface area contributed by atoms with Gasteiger partial charge in [0.1, 0.15) is 11.9 Å². The second-order valence-electron chi connectivity index (χ2n) is 6.24. The molecule has 0 saturated heterocycles. The van der Waals surface area contributed by atoms with Crippen LogP contribution in [0.25, 0.3) is 0 Å². The number of hydrogen-bond acceptors (Lipinski definition) is 4. The van der Waals surface area contributed by atoms with Gasteiger partial charge in [-0.3, -0.25) is 0 Å². The number of rotatable bonds is 3. The van der Waals surface area contributed by atoms with Crippen LogP contribution in [-0.2, 0) is 9.84 Å². The third kappa shape index (κ3) is 2.41. The SMILES string of the molecule is CS(=O)(=O)c1ccc(OC2CC(F)(F)C2(F)F)c2c1[C@H](O)C(F)(F)[C@@H]2F. The molecule has 0 aromatic heterocycles. The van der Waals surface area contributed by atoms with Gasteiger partial charge in [-0.05, 0) is 12.1 Å². The van der Waals surface area contributed by atoms with Crippen molar-refractivity contribution in [3.05, 3.63) is 23.3 Å². The molecule has 1 N–H and O–H groups in total. The lowest BCUT2D eigenvalue weighted by atomic mass is 9.85. The molecule has 0 bridgehead atoms. The maximum Gasteiger partial charge on any atom is 0.346 e. The number of sulfone groups is 1. The molecule has 0 amide bonds. The maximum absolute atomic E-state index is 14.2. The Bertz CT molecular complexity index is 868. The van der Waals surface area contributed by atoms with E-state index in [4.69, 9.17) is 0 Å². The molecule has 4 nitrogen and oxygen atoms in total. The van der Waals surface area contributed by atoms with Crippen LogP contribution in [0.2, 0.25) is 0 Å². The summed E-state index contributed by atoms with van der Waals surface area (Å²) in [6.07, 6.45) is -9.37. The fourth-order valence-corrected chi connectivity index (χ4v) is 3.90. The van der Waals surface area contributed by atoms with Gasteiger partial charge in [-0.15, -0.1) is 0 Å². The molecule has 1 unspecified atom stereocenters. The van der Waals surface area contributed by atoms with Crippen molar-refractivity contribution in [2.24, 2.45) is 0 Å². The van der Waals surface area contributed by atoms with E-state index in [-0.39, 0.29) is 0 Å². The van der Waals surface area contributed by atoms with Crippen molar-refractivity contribution in [1.82, 2.24) is 0 Å². The number of halogens is 7. The molecule has 1 fully saturated rings. The first kappa shape index (κ1) is 19.2. The predicted molar refractivity (Wildman–Crippen MR) is 72.2 cm³/mol. The minimum absolute atomic E-state index is 0.611. The Hall–Kier alpha value is -1.56. The van der Waals surface area contributed by atoms with Crippen LogP contribution in [0.5, 0.6) is 5.75 Å². The quantitative estimate of drug-likeness (QED) is 0.781. The molecule has 3 rings (SSSR count). The van der Waals surface area contributed by atoms with Crippen molar-refractivity contribution in [3.8, 4) is 5.75 Å². The van der Waals surface area contributed by atoms with E-state index in [9.17, 15) is 44.3 Å². The minimum atomic E-state index is -4.61. The zero-order chi connectivity index (χ0) is 19.9. The lowest BCUT2D eigenvalue weighted by molar-refractivity contribution is -0.324. The van der Waals surface area contributed by atoms with E-state index < -0.39 is 74.2 Å². The molecule has 0 radical (unpaired) electrons. The summed E-state index contributed by atoms with van der Waals surface area (Å²) in [5.74, 6) is -14.4. The zero-order valence-corrected chi connectivity index (χ0v) is 13.6. The third-order valence-corrected chi connectivity index (χ3v) is 5.59. The van der Waals surface area contributed by atoms with Gasteiger partial charge in [-0.2, -0.15) is 26.3 Å². The number of alkyl halides is 7. The van der Waals surface area contributed by atoms with Gasteiger partial charge in [0.05, 0.1) is 11.3 Å². The van der Waals surface area contributed by atoms with Crippen LogP contribution in [0.1, 0.15) is 29.8 Å². The monoisotopic (exact) mass is 408 g/mol. The molecular weight excluding hydrogens is 397 g/mol. The van der Waals surface area contributed by atoms with E-state index in [1.54, 1.807) is 0 Å². The second kappa shape index (κ2) is 5.24. The van der Waals surface area contributed by atoms with Gasteiger partial charge in [-0.1, -0.05) is 0 Å². The van der Waals surface area contributed by atoms with E-state index in [1.165, 1.54) is 0 Å². The zero-order valence-electron chi connectivity index (χ0n) is 12.8. The van der Waals surface area contributed by atoms with Gasteiger partial charge >= 0.3 is 17.8 Å². The molecule has 2 aliphatic carbocycles. The summed E-state index contributed by atoms with van der Waals surface area (Å²) >= 11 is 0. The summed E-state index contributed by atoms with van der Waals surface area (Å²) in [6, 6.07) is 1.29. The normalized spacial score (nSPS) is 31.2. The van der Waals surface area contributed by atoms with Gasteiger partial charge in [-0.25, -0.2) is 12.8 Å². The van der Waals surface area contributed by atoms with Crippen LogP contribution in [-0.4, -0.2) is 43.7 Å². The van der Waals surface area contributed by atoms with Crippen molar-refractivity contribution in [2.45, 2.75) is 47.5 Å². The van der Waals surface area contributed by atoms with Crippen molar-refractivity contribution >= 4 is 9.84 Å². The lowest BCUT2D eigenvalue weighted by Crippen LogP contribution is -2.64. The Morgan fingerprint density at radius 3 is 2.15 bits per heavy atom. The van der Waals surface area contributed by atoms with E-state index in [0.717, 1.165) is 0 Å².